The number of alkyl carbamates (subject to hydrolysis) is 1. The summed E-state index contributed by atoms with van der Waals surface area (Å²) >= 11 is 0. The fourth-order valence-corrected chi connectivity index (χ4v) is 7.21. The number of carbonyl (C=O) groups is 4. The van der Waals surface area contributed by atoms with Crippen molar-refractivity contribution in [2.24, 2.45) is 5.92 Å². The number of hydrogen-bond acceptors (Lipinski definition) is 7. The molecule has 3 aromatic rings. The van der Waals surface area contributed by atoms with Crippen molar-refractivity contribution in [1.29, 1.82) is 0 Å². The Labute approximate surface area is 305 Å². The van der Waals surface area contributed by atoms with E-state index >= 15 is 0 Å². The maximum absolute atomic E-state index is 13.6. The summed E-state index contributed by atoms with van der Waals surface area (Å²) in [6, 6.07) is 23.4. The Morgan fingerprint density at radius 3 is 2.10 bits per heavy atom. The van der Waals surface area contributed by atoms with Crippen molar-refractivity contribution in [3.05, 3.63) is 121 Å². The van der Waals surface area contributed by atoms with E-state index in [0.717, 1.165) is 35.1 Å². The van der Waals surface area contributed by atoms with Crippen LogP contribution >= 0.6 is 0 Å². The van der Waals surface area contributed by atoms with E-state index in [9.17, 15) is 24.3 Å². The Bertz CT molecular complexity index is 1670. The molecule has 0 bridgehead atoms. The van der Waals surface area contributed by atoms with Crippen LogP contribution in [-0.4, -0.2) is 60.4 Å². The standard InChI is InChI=1S/C42H49N3O7/c1-3-5-22-36(44-41(50)52-26-35-33-20-11-9-18-31(33)32-19-10-12-21-34(32)35)40(49)51-27-37(29-16-7-6-8-17-29)43-39(48)30(15-4-2)25-38(47)45-42(28-46)23-13-14-24-42/h3-4,6-12,16-21,30,35-37,46H,1-2,5,13-15,22-28H2,(H,43,48)(H,44,50)(H,45,47)/t30-,36-,37-/m0/s1. The highest BCUT2D eigenvalue weighted by Gasteiger charge is 2.36. The minimum absolute atomic E-state index is 0.0887. The van der Waals surface area contributed by atoms with Crippen molar-refractivity contribution in [1.82, 2.24) is 16.0 Å². The topological polar surface area (TPSA) is 143 Å². The lowest BCUT2D eigenvalue weighted by molar-refractivity contribution is -0.147. The zero-order chi connectivity index (χ0) is 36.9. The Hall–Kier alpha value is -5.22. The number of ether oxygens (including phenoxy) is 2. The molecule has 0 aromatic heterocycles. The second-order valence-corrected chi connectivity index (χ2v) is 13.6. The monoisotopic (exact) mass is 707 g/mol. The molecule has 3 atom stereocenters. The molecular weight excluding hydrogens is 658 g/mol. The van der Waals surface area contributed by atoms with Gasteiger partial charge in [-0.1, -0.05) is 104 Å². The Balaban J connectivity index is 1.21. The molecule has 2 aliphatic rings. The second kappa shape index (κ2) is 18.3. The zero-order valence-corrected chi connectivity index (χ0v) is 29.6. The molecule has 4 N–H and O–H groups in total. The van der Waals surface area contributed by atoms with Crippen molar-refractivity contribution < 1.29 is 33.8 Å². The van der Waals surface area contributed by atoms with Gasteiger partial charge in [0.15, 0.2) is 0 Å². The minimum Gasteiger partial charge on any atom is -0.462 e. The maximum Gasteiger partial charge on any atom is 0.407 e. The molecule has 0 unspecified atom stereocenters. The smallest absolute Gasteiger partial charge is 0.407 e. The van der Waals surface area contributed by atoms with Crippen LogP contribution in [0.5, 0.6) is 0 Å². The molecule has 0 heterocycles. The first kappa shape index (κ1) is 38.0. The molecule has 0 spiro atoms. The van der Waals surface area contributed by atoms with Crippen LogP contribution in [-0.2, 0) is 23.9 Å². The third-order valence-corrected chi connectivity index (χ3v) is 10.0. The number of aliphatic hydroxyl groups is 1. The highest BCUT2D eigenvalue weighted by Crippen LogP contribution is 2.44. The number of nitrogens with one attached hydrogen (secondary N) is 3. The van der Waals surface area contributed by atoms with Crippen LogP contribution in [0, 0.1) is 5.92 Å². The summed E-state index contributed by atoms with van der Waals surface area (Å²) in [6.07, 6.45) is 6.56. The van der Waals surface area contributed by atoms with Gasteiger partial charge in [0.25, 0.3) is 0 Å². The van der Waals surface area contributed by atoms with Gasteiger partial charge in [-0.25, -0.2) is 9.59 Å². The van der Waals surface area contributed by atoms with Gasteiger partial charge in [-0.05, 0) is 59.9 Å². The van der Waals surface area contributed by atoms with Crippen LogP contribution in [0.2, 0.25) is 0 Å². The lowest BCUT2D eigenvalue weighted by Gasteiger charge is -2.29. The summed E-state index contributed by atoms with van der Waals surface area (Å²) in [5.41, 5.74) is 4.42. The van der Waals surface area contributed by atoms with Crippen LogP contribution in [0.4, 0.5) is 4.79 Å². The quantitative estimate of drug-likeness (QED) is 0.0903. The minimum atomic E-state index is -1.02. The summed E-state index contributed by atoms with van der Waals surface area (Å²) in [5, 5.41) is 18.6. The normalized spacial score (nSPS) is 15.9. The predicted molar refractivity (Wildman–Crippen MR) is 199 cm³/mol. The average Bonchev–Trinajstić information content (AvgIpc) is 3.76. The van der Waals surface area contributed by atoms with Gasteiger partial charge < -0.3 is 30.5 Å². The number of rotatable bonds is 18. The molecule has 1 saturated carbocycles. The SMILES string of the molecule is C=CCC[C@H](NC(=O)OCC1c2ccccc2-c2ccccc21)C(=O)OC[C@H](NC(=O)[C@@H](CC=C)CC(=O)NC1(CO)CCCC1)c1ccccc1. The number of amides is 3. The van der Waals surface area contributed by atoms with E-state index in [1.54, 1.807) is 12.2 Å². The van der Waals surface area contributed by atoms with Crippen LogP contribution < -0.4 is 16.0 Å². The van der Waals surface area contributed by atoms with E-state index in [2.05, 4.69) is 41.2 Å². The van der Waals surface area contributed by atoms with Gasteiger partial charge in [0, 0.05) is 12.3 Å². The van der Waals surface area contributed by atoms with E-state index in [4.69, 9.17) is 9.47 Å². The zero-order valence-electron chi connectivity index (χ0n) is 29.6. The van der Waals surface area contributed by atoms with Crippen molar-refractivity contribution in [2.45, 2.75) is 74.9 Å². The molecule has 1 fully saturated rings. The fourth-order valence-electron chi connectivity index (χ4n) is 7.21. The number of esters is 1. The van der Waals surface area contributed by atoms with Gasteiger partial charge in [-0.15, -0.1) is 13.2 Å². The van der Waals surface area contributed by atoms with Crippen molar-refractivity contribution in [2.75, 3.05) is 19.8 Å². The van der Waals surface area contributed by atoms with Crippen LogP contribution in [0.3, 0.4) is 0 Å². The number of aliphatic hydroxyl groups excluding tert-OH is 1. The van der Waals surface area contributed by atoms with Crippen molar-refractivity contribution >= 4 is 23.9 Å². The van der Waals surface area contributed by atoms with Gasteiger partial charge in [-0.3, -0.25) is 9.59 Å². The van der Waals surface area contributed by atoms with E-state index in [1.807, 2.05) is 66.7 Å². The summed E-state index contributed by atoms with van der Waals surface area (Å²) in [5.74, 6) is -2.26. The molecule has 10 heteroatoms. The highest BCUT2D eigenvalue weighted by atomic mass is 16.6. The lowest BCUT2D eigenvalue weighted by atomic mass is 9.95. The summed E-state index contributed by atoms with van der Waals surface area (Å²) in [6.45, 7) is 7.24. The molecule has 5 rings (SSSR count). The van der Waals surface area contributed by atoms with Gasteiger partial charge in [0.1, 0.15) is 19.3 Å². The van der Waals surface area contributed by atoms with E-state index < -0.39 is 41.5 Å². The molecular formula is C42H49N3O7. The van der Waals surface area contributed by atoms with E-state index in [0.29, 0.717) is 24.8 Å². The second-order valence-electron chi connectivity index (χ2n) is 13.6. The van der Waals surface area contributed by atoms with E-state index in [1.165, 1.54) is 0 Å². The molecule has 0 aliphatic heterocycles. The Kier molecular flexibility index (Phi) is 13.4. The van der Waals surface area contributed by atoms with Crippen molar-refractivity contribution in [3.8, 4) is 11.1 Å². The van der Waals surface area contributed by atoms with Gasteiger partial charge in [0.05, 0.1) is 24.1 Å². The third kappa shape index (κ3) is 9.55. The Morgan fingerprint density at radius 2 is 1.48 bits per heavy atom. The van der Waals surface area contributed by atoms with Crippen LogP contribution in [0.1, 0.15) is 80.0 Å². The average molecular weight is 708 g/mol. The van der Waals surface area contributed by atoms with E-state index in [-0.39, 0.29) is 50.9 Å². The molecule has 274 valence electrons. The first-order chi connectivity index (χ1) is 25.3. The van der Waals surface area contributed by atoms with Gasteiger partial charge in [-0.2, -0.15) is 0 Å². The van der Waals surface area contributed by atoms with Gasteiger partial charge >= 0.3 is 12.1 Å². The molecule has 0 radical (unpaired) electrons. The number of carbonyl (C=O) groups excluding carboxylic acids is 4. The number of hydrogen-bond donors (Lipinski definition) is 4. The summed E-state index contributed by atoms with van der Waals surface area (Å²) < 4.78 is 11.4. The maximum atomic E-state index is 13.6. The number of benzene rings is 3. The highest BCUT2D eigenvalue weighted by molar-refractivity contribution is 5.87. The number of fused-ring (bicyclic) bond motifs is 3. The summed E-state index contributed by atoms with van der Waals surface area (Å²) in [7, 11) is 0. The predicted octanol–water partition coefficient (Wildman–Crippen LogP) is 6.26. The molecule has 2 aliphatic carbocycles. The number of allylic oxidation sites excluding steroid dienone is 2. The molecule has 10 nitrogen and oxygen atoms in total. The Morgan fingerprint density at radius 1 is 0.846 bits per heavy atom. The third-order valence-electron chi connectivity index (χ3n) is 10.0. The van der Waals surface area contributed by atoms with Gasteiger partial charge in [0.2, 0.25) is 11.8 Å². The molecule has 52 heavy (non-hydrogen) atoms. The largest absolute Gasteiger partial charge is 0.462 e. The molecule has 0 saturated heterocycles. The van der Waals surface area contributed by atoms with Crippen LogP contribution in [0.25, 0.3) is 11.1 Å². The summed E-state index contributed by atoms with van der Waals surface area (Å²) in [4.78, 5) is 53.2. The lowest BCUT2D eigenvalue weighted by Crippen LogP contribution is -2.50. The molecule has 3 aromatic carbocycles. The van der Waals surface area contributed by atoms with Crippen LogP contribution in [0.15, 0.2) is 104 Å². The first-order valence-corrected chi connectivity index (χ1v) is 18.0. The molecule has 3 amide bonds. The van der Waals surface area contributed by atoms with Crippen molar-refractivity contribution in [3.63, 3.8) is 0 Å². The first-order valence-electron chi connectivity index (χ1n) is 18.0. The fraction of sp³-hybridized carbons (Fsp3) is 0.381.